The SMILES string of the molecule is CC(C)C1c2ccccc2Oc2cc(-c3ncccn3)ccc21. The van der Waals surface area contributed by atoms with Gasteiger partial charge in [0.2, 0.25) is 0 Å². The van der Waals surface area contributed by atoms with Crippen LogP contribution in [0.15, 0.2) is 60.9 Å². The summed E-state index contributed by atoms with van der Waals surface area (Å²) in [6.45, 7) is 4.51. The normalized spacial score (nSPS) is 15.7. The number of nitrogens with zero attached hydrogens (tertiary/aromatic N) is 2. The predicted octanol–water partition coefficient (Wildman–Crippen LogP) is 5.04. The van der Waals surface area contributed by atoms with Gasteiger partial charge in [-0.3, -0.25) is 0 Å². The zero-order valence-corrected chi connectivity index (χ0v) is 13.2. The highest BCUT2D eigenvalue weighted by molar-refractivity contribution is 5.63. The van der Waals surface area contributed by atoms with Gasteiger partial charge in [-0.1, -0.05) is 44.2 Å². The lowest BCUT2D eigenvalue weighted by Gasteiger charge is -2.31. The van der Waals surface area contributed by atoms with Crippen LogP contribution in [0.5, 0.6) is 11.5 Å². The van der Waals surface area contributed by atoms with Crippen molar-refractivity contribution in [3.8, 4) is 22.9 Å². The highest BCUT2D eigenvalue weighted by atomic mass is 16.5. The van der Waals surface area contributed by atoms with Gasteiger partial charge in [0.05, 0.1) is 0 Å². The predicted molar refractivity (Wildman–Crippen MR) is 90.7 cm³/mol. The zero-order chi connectivity index (χ0) is 15.8. The molecule has 1 atom stereocenters. The first-order valence-corrected chi connectivity index (χ1v) is 7.92. The molecule has 1 unspecified atom stereocenters. The lowest BCUT2D eigenvalue weighted by Crippen LogP contribution is -2.15. The highest BCUT2D eigenvalue weighted by Crippen LogP contribution is 2.47. The fourth-order valence-electron chi connectivity index (χ4n) is 3.30. The minimum Gasteiger partial charge on any atom is -0.457 e. The van der Waals surface area contributed by atoms with E-state index in [9.17, 15) is 0 Å². The van der Waals surface area contributed by atoms with Crippen molar-refractivity contribution in [1.82, 2.24) is 9.97 Å². The van der Waals surface area contributed by atoms with Crippen LogP contribution in [0, 0.1) is 5.92 Å². The number of benzene rings is 2. The number of rotatable bonds is 2. The lowest BCUT2D eigenvalue weighted by atomic mass is 9.80. The lowest BCUT2D eigenvalue weighted by molar-refractivity contribution is 0.420. The Balaban J connectivity index is 1.84. The molecule has 2 aromatic carbocycles. The molecule has 0 fully saturated rings. The molecular weight excluding hydrogens is 284 g/mol. The Morgan fingerprint density at radius 1 is 0.870 bits per heavy atom. The van der Waals surface area contributed by atoms with Crippen LogP contribution in [0.1, 0.15) is 30.9 Å². The van der Waals surface area contributed by atoms with E-state index in [4.69, 9.17) is 4.74 Å². The Kier molecular flexibility index (Phi) is 3.34. The molecular formula is C20H18N2O. The molecule has 0 spiro atoms. The maximum absolute atomic E-state index is 6.16. The van der Waals surface area contributed by atoms with Gasteiger partial charge in [-0.2, -0.15) is 0 Å². The molecule has 4 rings (SSSR count). The van der Waals surface area contributed by atoms with E-state index >= 15 is 0 Å². The molecule has 114 valence electrons. The molecule has 1 aliphatic heterocycles. The minimum atomic E-state index is 0.348. The summed E-state index contributed by atoms with van der Waals surface area (Å²) in [4.78, 5) is 8.66. The number of hydrogen-bond donors (Lipinski definition) is 0. The van der Waals surface area contributed by atoms with E-state index in [1.54, 1.807) is 12.4 Å². The highest BCUT2D eigenvalue weighted by Gasteiger charge is 2.29. The molecule has 3 nitrogen and oxygen atoms in total. The van der Waals surface area contributed by atoms with Gasteiger partial charge >= 0.3 is 0 Å². The van der Waals surface area contributed by atoms with E-state index in [1.165, 1.54) is 11.1 Å². The van der Waals surface area contributed by atoms with Crippen molar-refractivity contribution >= 4 is 0 Å². The van der Waals surface area contributed by atoms with E-state index in [0.29, 0.717) is 11.8 Å². The monoisotopic (exact) mass is 302 g/mol. The Hall–Kier alpha value is -2.68. The summed E-state index contributed by atoms with van der Waals surface area (Å²) in [6, 6.07) is 16.4. The average Bonchev–Trinajstić information content (AvgIpc) is 2.59. The summed E-state index contributed by atoms with van der Waals surface area (Å²) >= 11 is 0. The third-order valence-electron chi connectivity index (χ3n) is 4.31. The second-order valence-electron chi connectivity index (χ2n) is 6.19. The molecule has 0 saturated carbocycles. The molecule has 1 aromatic heterocycles. The van der Waals surface area contributed by atoms with E-state index in [1.807, 2.05) is 18.2 Å². The summed E-state index contributed by atoms with van der Waals surface area (Å²) in [5.74, 6) is 3.43. The molecule has 1 aliphatic rings. The third kappa shape index (κ3) is 2.38. The quantitative estimate of drug-likeness (QED) is 0.665. The van der Waals surface area contributed by atoms with Gasteiger partial charge in [0.1, 0.15) is 11.5 Å². The number of para-hydroxylation sites is 1. The van der Waals surface area contributed by atoms with Crippen molar-refractivity contribution in [3.63, 3.8) is 0 Å². The van der Waals surface area contributed by atoms with Crippen molar-refractivity contribution in [1.29, 1.82) is 0 Å². The Morgan fingerprint density at radius 2 is 1.61 bits per heavy atom. The van der Waals surface area contributed by atoms with Crippen LogP contribution in [0.4, 0.5) is 0 Å². The van der Waals surface area contributed by atoms with Gasteiger partial charge < -0.3 is 4.74 Å². The summed E-state index contributed by atoms with van der Waals surface area (Å²) < 4.78 is 6.16. The van der Waals surface area contributed by atoms with Crippen LogP contribution in [0.2, 0.25) is 0 Å². The minimum absolute atomic E-state index is 0.348. The fraction of sp³-hybridized carbons (Fsp3) is 0.200. The second-order valence-corrected chi connectivity index (χ2v) is 6.19. The number of fused-ring (bicyclic) bond motifs is 2. The molecule has 0 bridgehead atoms. The summed E-state index contributed by atoms with van der Waals surface area (Å²) in [6.07, 6.45) is 3.52. The largest absolute Gasteiger partial charge is 0.457 e. The van der Waals surface area contributed by atoms with Crippen LogP contribution >= 0.6 is 0 Å². The van der Waals surface area contributed by atoms with Gasteiger partial charge in [0.25, 0.3) is 0 Å². The van der Waals surface area contributed by atoms with Crippen molar-refractivity contribution in [3.05, 3.63) is 72.1 Å². The fourth-order valence-corrected chi connectivity index (χ4v) is 3.30. The molecule has 0 amide bonds. The molecule has 3 aromatic rings. The van der Waals surface area contributed by atoms with E-state index < -0.39 is 0 Å². The van der Waals surface area contributed by atoms with Gasteiger partial charge in [-0.05, 0) is 24.1 Å². The van der Waals surface area contributed by atoms with E-state index in [2.05, 4.69) is 54.1 Å². The molecule has 0 aliphatic carbocycles. The van der Waals surface area contributed by atoms with Gasteiger partial charge in [0, 0.05) is 35.0 Å². The molecule has 0 N–H and O–H groups in total. The Bertz CT molecular complexity index is 843. The topological polar surface area (TPSA) is 35.0 Å². The van der Waals surface area contributed by atoms with Crippen LogP contribution in [-0.4, -0.2) is 9.97 Å². The standard InChI is InChI=1S/C20H18N2O/c1-13(2)19-15-6-3-4-7-17(15)23-18-12-14(8-9-16(18)19)20-21-10-5-11-22-20/h3-13,19H,1-2H3. The van der Waals surface area contributed by atoms with Gasteiger partial charge in [-0.15, -0.1) is 0 Å². The maximum atomic E-state index is 6.16. The molecule has 0 saturated heterocycles. The van der Waals surface area contributed by atoms with Crippen LogP contribution < -0.4 is 4.74 Å². The van der Waals surface area contributed by atoms with Crippen molar-refractivity contribution in [2.24, 2.45) is 5.92 Å². The first kappa shape index (κ1) is 13.9. The Morgan fingerprint density at radius 3 is 2.39 bits per heavy atom. The van der Waals surface area contributed by atoms with Gasteiger partial charge in [0.15, 0.2) is 5.82 Å². The van der Waals surface area contributed by atoms with Crippen LogP contribution in [0.25, 0.3) is 11.4 Å². The first-order chi connectivity index (χ1) is 11.2. The summed E-state index contributed by atoms with van der Waals surface area (Å²) in [5.41, 5.74) is 3.48. The molecule has 3 heteroatoms. The number of aromatic nitrogens is 2. The van der Waals surface area contributed by atoms with E-state index in [-0.39, 0.29) is 0 Å². The third-order valence-corrected chi connectivity index (χ3v) is 4.31. The van der Waals surface area contributed by atoms with Crippen molar-refractivity contribution < 1.29 is 4.74 Å². The zero-order valence-electron chi connectivity index (χ0n) is 13.2. The number of hydrogen-bond acceptors (Lipinski definition) is 3. The smallest absolute Gasteiger partial charge is 0.159 e. The first-order valence-electron chi connectivity index (χ1n) is 7.92. The summed E-state index contributed by atoms with van der Waals surface area (Å²) in [5, 5.41) is 0. The van der Waals surface area contributed by atoms with E-state index in [0.717, 1.165) is 22.9 Å². The maximum Gasteiger partial charge on any atom is 0.159 e. The number of ether oxygens (including phenoxy) is 1. The second kappa shape index (κ2) is 5.51. The molecule has 23 heavy (non-hydrogen) atoms. The van der Waals surface area contributed by atoms with Crippen LogP contribution in [0.3, 0.4) is 0 Å². The molecule has 2 heterocycles. The average molecular weight is 302 g/mol. The molecule has 0 radical (unpaired) electrons. The van der Waals surface area contributed by atoms with Crippen molar-refractivity contribution in [2.75, 3.05) is 0 Å². The summed E-state index contributed by atoms with van der Waals surface area (Å²) in [7, 11) is 0. The van der Waals surface area contributed by atoms with Gasteiger partial charge in [-0.25, -0.2) is 9.97 Å². The van der Waals surface area contributed by atoms with Crippen molar-refractivity contribution in [2.45, 2.75) is 19.8 Å². The Labute approximate surface area is 136 Å². The van der Waals surface area contributed by atoms with Crippen LogP contribution in [-0.2, 0) is 0 Å².